The van der Waals surface area contributed by atoms with Gasteiger partial charge in [-0.25, -0.2) is 4.98 Å². The second-order valence-corrected chi connectivity index (χ2v) is 10.1. The minimum Gasteiger partial charge on any atom is -0.492 e. The highest BCUT2D eigenvalue weighted by Gasteiger charge is 2.48. The van der Waals surface area contributed by atoms with Crippen LogP contribution in [0, 0.1) is 5.41 Å². The van der Waals surface area contributed by atoms with Crippen LogP contribution in [0.15, 0.2) is 23.1 Å². The molecule has 2 atom stereocenters. The molecule has 3 aliphatic rings. The largest absolute Gasteiger partial charge is 0.492 e. The quantitative estimate of drug-likeness (QED) is 0.504. The van der Waals surface area contributed by atoms with Gasteiger partial charge in [-0.15, -0.1) is 0 Å². The third-order valence-electron chi connectivity index (χ3n) is 7.37. The molecule has 0 radical (unpaired) electrons. The monoisotopic (exact) mass is 440 g/mol. The number of aliphatic hydroxyl groups excluding tert-OH is 1. The summed E-state index contributed by atoms with van der Waals surface area (Å²) < 4.78 is 13.4. The van der Waals surface area contributed by atoms with Gasteiger partial charge in [0.1, 0.15) is 5.75 Å². The topological polar surface area (TPSA) is 93.8 Å². The van der Waals surface area contributed by atoms with E-state index in [1.807, 2.05) is 0 Å². The van der Waals surface area contributed by atoms with E-state index in [4.69, 9.17) is 14.5 Å². The van der Waals surface area contributed by atoms with E-state index >= 15 is 0 Å². The van der Waals surface area contributed by atoms with E-state index in [0.29, 0.717) is 19.1 Å². The van der Waals surface area contributed by atoms with Crippen molar-refractivity contribution in [3.05, 3.63) is 45.4 Å². The van der Waals surface area contributed by atoms with Gasteiger partial charge >= 0.3 is 0 Å². The van der Waals surface area contributed by atoms with E-state index in [0.717, 1.165) is 60.5 Å². The molecule has 2 saturated carbocycles. The van der Waals surface area contributed by atoms with Crippen molar-refractivity contribution in [2.75, 3.05) is 20.3 Å². The predicted octanol–water partition coefficient (Wildman–Crippen LogP) is 3.64. The molecule has 0 amide bonds. The molecule has 2 unspecified atom stereocenters. The van der Waals surface area contributed by atoms with E-state index in [9.17, 15) is 15.0 Å². The Morgan fingerprint density at radius 3 is 2.69 bits per heavy atom. The van der Waals surface area contributed by atoms with Gasteiger partial charge in [0.25, 0.3) is 0 Å². The molecule has 2 fully saturated rings. The number of rotatable bonds is 7. The maximum atomic E-state index is 12.7. The Bertz CT molecular complexity index is 1090. The minimum absolute atomic E-state index is 0.00149. The van der Waals surface area contributed by atoms with E-state index in [-0.39, 0.29) is 28.4 Å². The van der Waals surface area contributed by atoms with Gasteiger partial charge in [0.15, 0.2) is 11.7 Å². The van der Waals surface area contributed by atoms with Gasteiger partial charge < -0.3 is 24.3 Å². The zero-order valence-corrected chi connectivity index (χ0v) is 19.0. The fraction of sp³-hybridized carbons (Fsp3) is 0.600. The fourth-order valence-electron chi connectivity index (χ4n) is 5.62. The first-order valence-electron chi connectivity index (χ1n) is 11.6. The van der Waals surface area contributed by atoms with Crippen LogP contribution in [0.25, 0.3) is 11.4 Å². The lowest BCUT2D eigenvalue weighted by molar-refractivity contribution is -0.0438. The highest BCUT2D eigenvalue weighted by Crippen LogP contribution is 2.59. The van der Waals surface area contributed by atoms with Gasteiger partial charge in [-0.05, 0) is 42.7 Å². The second kappa shape index (κ2) is 7.97. The van der Waals surface area contributed by atoms with Crippen molar-refractivity contribution in [1.29, 1.82) is 0 Å². The lowest BCUT2D eigenvalue weighted by Crippen LogP contribution is -2.32. The van der Waals surface area contributed by atoms with E-state index in [1.165, 1.54) is 6.07 Å². The summed E-state index contributed by atoms with van der Waals surface area (Å²) in [4.78, 5) is 17.8. The van der Waals surface area contributed by atoms with Crippen molar-refractivity contribution in [2.45, 2.75) is 70.1 Å². The van der Waals surface area contributed by atoms with Crippen molar-refractivity contribution in [3.8, 4) is 17.1 Å². The van der Waals surface area contributed by atoms with Crippen LogP contribution in [-0.4, -0.2) is 40.1 Å². The van der Waals surface area contributed by atoms with Gasteiger partial charge in [-0.2, -0.15) is 0 Å². The molecule has 2 aromatic rings. The molecule has 3 heterocycles. The van der Waals surface area contributed by atoms with Crippen LogP contribution in [0.5, 0.6) is 5.75 Å². The third kappa shape index (κ3) is 3.56. The van der Waals surface area contributed by atoms with Gasteiger partial charge in [0, 0.05) is 50.3 Å². The van der Waals surface area contributed by atoms with Crippen molar-refractivity contribution in [3.63, 3.8) is 0 Å². The van der Waals surface area contributed by atoms with Gasteiger partial charge in [0.05, 0.1) is 29.3 Å². The molecule has 0 spiro atoms. The second-order valence-electron chi connectivity index (χ2n) is 10.1. The van der Waals surface area contributed by atoms with Crippen LogP contribution < -0.4 is 10.2 Å². The number of ether oxygens (including phenoxy) is 2. The van der Waals surface area contributed by atoms with Crippen LogP contribution in [0.3, 0.4) is 0 Å². The number of aliphatic hydroxyl groups is 2. The minimum atomic E-state index is -1.79. The van der Waals surface area contributed by atoms with Crippen LogP contribution in [-0.2, 0) is 4.74 Å². The first-order chi connectivity index (χ1) is 15.3. The van der Waals surface area contributed by atoms with Crippen LogP contribution >= 0.6 is 0 Å². The molecule has 1 aliphatic heterocycles. The molecular formula is C25H32N2O5. The Morgan fingerprint density at radius 2 is 2.00 bits per heavy atom. The average Bonchev–Trinajstić information content (AvgIpc) is 3.54. The highest BCUT2D eigenvalue weighted by molar-refractivity contribution is 5.66. The maximum absolute atomic E-state index is 12.7. The Balaban J connectivity index is 1.67. The summed E-state index contributed by atoms with van der Waals surface area (Å²) in [5.74, 6) is 1.50. The summed E-state index contributed by atoms with van der Waals surface area (Å²) in [6.07, 6.45) is 4.93. The Hall–Kier alpha value is -2.22. The van der Waals surface area contributed by atoms with Gasteiger partial charge in [0.2, 0.25) is 0 Å². The molecule has 0 aromatic carbocycles. The van der Waals surface area contributed by atoms with E-state index in [1.54, 1.807) is 13.3 Å². The summed E-state index contributed by atoms with van der Waals surface area (Å²) in [6.45, 7) is 5.73. The SMILES string of the molecule is COCCCOc1cc2c(nc1C1CC1)-c1cc(=O)c(C(O)O)cn1C1C2CCC1(C)C. The predicted molar refractivity (Wildman–Crippen MR) is 120 cm³/mol. The summed E-state index contributed by atoms with van der Waals surface area (Å²) in [7, 11) is 1.69. The zero-order chi connectivity index (χ0) is 22.6. The number of methoxy groups -OCH3 is 1. The lowest BCUT2D eigenvalue weighted by Gasteiger charge is -2.39. The molecule has 2 aliphatic carbocycles. The first-order valence-corrected chi connectivity index (χ1v) is 11.6. The highest BCUT2D eigenvalue weighted by atomic mass is 16.5. The van der Waals surface area contributed by atoms with E-state index in [2.05, 4.69) is 24.5 Å². The molecule has 32 heavy (non-hydrogen) atoms. The molecule has 2 N–H and O–H groups in total. The molecule has 0 bridgehead atoms. The molecule has 7 nitrogen and oxygen atoms in total. The van der Waals surface area contributed by atoms with Crippen LogP contribution in [0.1, 0.15) is 86.9 Å². The number of hydrogen-bond donors (Lipinski definition) is 2. The fourth-order valence-corrected chi connectivity index (χ4v) is 5.62. The van der Waals surface area contributed by atoms with Gasteiger partial charge in [-0.1, -0.05) is 13.8 Å². The number of fused-ring (bicyclic) bond motifs is 6. The molecule has 0 saturated heterocycles. The molecule has 5 rings (SSSR count). The number of aromatic nitrogens is 2. The van der Waals surface area contributed by atoms with Crippen molar-refractivity contribution in [1.82, 2.24) is 9.55 Å². The molecule has 2 aromatic heterocycles. The van der Waals surface area contributed by atoms with E-state index < -0.39 is 6.29 Å². The number of nitrogens with zero attached hydrogens (tertiary/aromatic N) is 2. The van der Waals surface area contributed by atoms with Gasteiger partial charge in [-0.3, -0.25) is 4.79 Å². The number of hydrogen-bond acceptors (Lipinski definition) is 6. The molecule has 172 valence electrons. The van der Waals surface area contributed by atoms with Crippen molar-refractivity contribution in [2.24, 2.45) is 5.41 Å². The normalized spacial score (nSPS) is 23.1. The standard InChI is InChI=1S/C25H32N2O5/c1-25(2)8-7-15-16-11-20(32-10-4-9-31-3)21(14-5-6-14)26-22(16)18-12-19(28)17(24(29)30)13-27(18)23(15)25/h11-15,23-24,29-30H,4-10H2,1-3H3. The maximum Gasteiger partial charge on any atom is 0.190 e. The Morgan fingerprint density at radius 1 is 1.22 bits per heavy atom. The summed E-state index contributed by atoms with van der Waals surface area (Å²) >= 11 is 0. The van der Waals surface area contributed by atoms with Crippen molar-refractivity contribution >= 4 is 0 Å². The number of pyridine rings is 2. The summed E-state index contributed by atoms with van der Waals surface area (Å²) in [6, 6.07) is 3.81. The Labute approximate surface area is 188 Å². The lowest BCUT2D eigenvalue weighted by atomic mass is 9.78. The molecule has 7 heteroatoms. The first kappa shape index (κ1) is 21.6. The van der Waals surface area contributed by atoms with Crippen LogP contribution in [0.4, 0.5) is 0 Å². The smallest absolute Gasteiger partial charge is 0.190 e. The average molecular weight is 441 g/mol. The summed E-state index contributed by atoms with van der Waals surface area (Å²) in [5, 5.41) is 19.5. The third-order valence-corrected chi connectivity index (χ3v) is 7.37. The zero-order valence-electron chi connectivity index (χ0n) is 19.0. The van der Waals surface area contributed by atoms with Crippen molar-refractivity contribution < 1.29 is 19.7 Å². The molecular weight excluding hydrogens is 408 g/mol. The Kier molecular flexibility index (Phi) is 5.39. The summed E-state index contributed by atoms with van der Waals surface area (Å²) in [5.41, 5.74) is 3.36. The van der Waals surface area contributed by atoms with Crippen LogP contribution in [0.2, 0.25) is 0 Å².